The summed E-state index contributed by atoms with van der Waals surface area (Å²) in [5.74, 6) is -1.60. The number of nitriles is 1. The first-order valence-electron chi connectivity index (χ1n) is 6.58. The quantitative estimate of drug-likeness (QED) is 0.846. The van der Waals surface area contributed by atoms with Crippen molar-refractivity contribution in [2.24, 2.45) is 0 Å². The summed E-state index contributed by atoms with van der Waals surface area (Å²) in [5, 5.41) is 11.0. The number of nitrogens with zero attached hydrogens (tertiary/aromatic N) is 1. The molecule has 0 bridgehead atoms. The van der Waals surface area contributed by atoms with E-state index in [4.69, 9.17) is 16.9 Å². The van der Waals surface area contributed by atoms with E-state index >= 15 is 0 Å². The first-order valence-corrected chi connectivity index (χ1v) is 8.44. The van der Waals surface area contributed by atoms with Gasteiger partial charge in [0.15, 0.2) is 5.82 Å². The molecule has 2 N–H and O–H groups in total. The second-order valence-corrected chi connectivity index (χ2v) is 6.72. The van der Waals surface area contributed by atoms with Gasteiger partial charge in [-0.25, -0.2) is 17.5 Å². The van der Waals surface area contributed by atoms with Crippen LogP contribution < -0.4 is 10.0 Å². The van der Waals surface area contributed by atoms with Crippen molar-refractivity contribution in [3.63, 3.8) is 0 Å². The molecule has 0 fully saturated rings. The van der Waals surface area contributed by atoms with E-state index in [0.717, 1.165) is 0 Å². The molecule has 0 radical (unpaired) electrons. The van der Waals surface area contributed by atoms with E-state index in [1.54, 1.807) is 6.07 Å². The second kappa shape index (κ2) is 7.40. The number of amides is 1. The molecule has 0 spiro atoms. The molecule has 124 valence electrons. The molecule has 0 saturated carbocycles. The van der Waals surface area contributed by atoms with Crippen molar-refractivity contribution in [1.29, 1.82) is 5.26 Å². The maximum atomic E-state index is 13.7. The molecule has 0 unspecified atom stereocenters. The Morgan fingerprint density at radius 1 is 1.21 bits per heavy atom. The van der Waals surface area contributed by atoms with Gasteiger partial charge in [-0.3, -0.25) is 4.79 Å². The van der Waals surface area contributed by atoms with Crippen LogP contribution in [0.15, 0.2) is 47.4 Å². The minimum Gasteiger partial charge on any atom is -0.322 e. The van der Waals surface area contributed by atoms with Crippen LogP contribution >= 0.6 is 11.6 Å². The number of halogens is 2. The van der Waals surface area contributed by atoms with Crippen molar-refractivity contribution in [1.82, 2.24) is 4.72 Å². The van der Waals surface area contributed by atoms with Crippen LogP contribution in [0.1, 0.15) is 5.56 Å². The maximum absolute atomic E-state index is 13.7. The van der Waals surface area contributed by atoms with Crippen LogP contribution in [-0.4, -0.2) is 20.9 Å². The fourth-order valence-corrected chi connectivity index (χ4v) is 3.14. The lowest BCUT2D eigenvalue weighted by molar-refractivity contribution is -0.115. The van der Waals surface area contributed by atoms with Crippen molar-refractivity contribution < 1.29 is 17.6 Å². The summed E-state index contributed by atoms with van der Waals surface area (Å²) in [5.41, 5.74) is -0.213. The Labute approximate surface area is 142 Å². The average molecular weight is 368 g/mol. The van der Waals surface area contributed by atoms with E-state index < -0.39 is 28.3 Å². The van der Waals surface area contributed by atoms with Crippen LogP contribution in [0.2, 0.25) is 5.02 Å². The highest BCUT2D eigenvalue weighted by atomic mass is 35.5. The van der Waals surface area contributed by atoms with Gasteiger partial charge in [0.25, 0.3) is 0 Å². The maximum Gasteiger partial charge on any atom is 0.242 e. The van der Waals surface area contributed by atoms with Gasteiger partial charge in [-0.15, -0.1) is 0 Å². The molecule has 2 rings (SSSR count). The Balaban J connectivity index is 2.08. The largest absolute Gasteiger partial charge is 0.322 e. The number of anilines is 1. The van der Waals surface area contributed by atoms with Crippen molar-refractivity contribution >= 4 is 33.2 Å². The summed E-state index contributed by atoms with van der Waals surface area (Å²) in [7, 11) is -4.06. The van der Waals surface area contributed by atoms with E-state index in [1.807, 2.05) is 0 Å². The highest BCUT2D eigenvalue weighted by Crippen LogP contribution is 2.21. The van der Waals surface area contributed by atoms with Crippen LogP contribution in [0.3, 0.4) is 0 Å². The Bertz CT molecular complexity index is 926. The third-order valence-electron chi connectivity index (χ3n) is 2.95. The molecule has 0 aromatic heterocycles. The molecule has 6 nitrogen and oxygen atoms in total. The molecule has 0 aliphatic heterocycles. The molecular formula is C15H11ClFN3O3S. The Kier molecular flexibility index (Phi) is 5.51. The van der Waals surface area contributed by atoms with Crippen molar-refractivity contribution in [3.8, 4) is 6.07 Å². The van der Waals surface area contributed by atoms with Gasteiger partial charge < -0.3 is 5.32 Å². The zero-order chi connectivity index (χ0) is 17.7. The third-order valence-corrected chi connectivity index (χ3v) is 4.70. The van der Waals surface area contributed by atoms with Gasteiger partial charge in [-0.2, -0.15) is 5.26 Å². The highest BCUT2D eigenvalue weighted by molar-refractivity contribution is 7.89. The number of benzene rings is 2. The van der Waals surface area contributed by atoms with E-state index in [9.17, 15) is 17.6 Å². The SMILES string of the molecule is N#Cc1ccccc1S(=O)(=O)NCC(=O)Nc1cccc(Cl)c1F. The number of sulfonamides is 1. The highest BCUT2D eigenvalue weighted by Gasteiger charge is 2.19. The first kappa shape index (κ1) is 17.9. The van der Waals surface area contributed by atoms with Crippen molar-refractivity contribution in [2.45, 2.75) is 4.90 Å². The van der Waals surface area contributed by atoms with Gasteiger partial charge in [0.2, 0.25) is 15.9 Å². The van der Waals surface area contributed by atoms with Crippen molar-refractivity contribution in [3.05, 3.63) is 58.9 Å². The molecule has 1 amide bonds. The van der Waals surface area contributed by atoms with Gasteiger partial charge in [-0.1, -0.05) is 29.8 Å². The lowest BCUT2D eigenvalue weighted by Crippen LogP contribution is -2.33. The number of nitrogens with one attached hydrogen (secondary N) is 2. The molecular weight excluding hydrogens is 357 g/mol. The third kappa shape index (κ3) is 4.08. The molecule has 24 heavy (non-hydrogen) atoms. The Morgan fingerprint density at radius 2 is 1.92 bits per heavy atom. The fraction of sp³-hybridized carbons (Fsp3) is 0.0667. The summed E-state index contributed by atoms with van der Waals surface area (Å²) in [6.45, 7) is -0.631. The number of hydrogen-bond acceptors (Lipinski definition) is 4. The summed E-state index contributed by atoms with van der Waals surface area (Å²) in [4.78, 5) is 11.6. The van der Waals surface area contributed by atoms with Gasteiger partial charge in [0.1, 0.15) is 6.07 Å². The average Bonchev–Trinajstić information content (AvgIpc) is 2.57. The van der Waals surface area contributed by atoms with Gasteiger partial charge in [0.05, 0.1) is 27.7 Å². The minimum atomic E-state index is -4.06. The molecule has 0 saturated heterocycles. The lowest BCUT2D eigenvalue weighted by Gasteiger charge is -2.09. The van der Waals surface area contributed by atoms with E-state index in [0.29, 0.717) is 0 Å². The molecule has 0 aliphatic carbocycles. The number of hydrogen-bond donors (Lipinski definition) is 2. The van der Waals surface area contributed by atoms with E-state index in [1.165, 1.54) is 42.5 Å². The first-order chi connectivity index (χ1) is 11.3. The number of carbonyl (C=O) groups excluding carboxylic acids is 1. The number of carbonyl (C=O) groups is 1. The Hall–Kier alpha value is -2.47. The zero-order valence-corrected chi connectivity index (χ0v) is 13.7. The fourth-order valence-electron chi connectivity index (χ4n) is 1.83. The number of rotatable bonds is 5. The van der Waals surface area contributed by atoms with Crippen molar-refractivity contribution in [2.75, 3.05) is 11.9 Å². The van der Waals surface area contributed by atoms with Crippen LogP contribution in [0, 0.1) is 17.1 Å². The predicted molar refractivity (Wildman–Crippen MR) is 86.4 cm³/mol. The van der Waals surface area contributed by atoms with Crippen LogP contribution in [0.5, 0.6) is 0 Å². The minimum absolute atomic E-state index is 0.0497. The molecule has 0 aliphatic rings. The van der Waals surface area contributed by atoms with E-state index in [-0.39, 0.29) is 21.2 Å². The van der Waals surface area contributed by atoms with Crippen LogP contribution in [0.25, 0.3) is 0 Å². The molecule has 9 heteroatoms. The topological polar surface area (TPSA) is 99.1 Å². The predicted octanol–water partition coefficient (Wildman–Crippen LogP) is 2.27. The second-order valence-electron chi connectivity index (χ2n) is 4.58. The molecule has 2 aromatic carbocycles. The summed E-state index contributed by atoms with van der Waals surface area (Å²) in [6, 6.07) is 11.4. The van der Waals surface area contributed by atoms with Gasteiger partial charge in [-0.05, 0) is 24.3 Å². The lowest BCUT2D eigenvalue weighted by atomic mass is 10.2. The zero-order valence-electron chi connectivity index (χ0n) is 12.1. The summed E-state index contributed by atoms with van der Waals surface area (Å²) >= 11 is 5.59. The summed E-state index contributed by atoms with van der Waals surface area (Å²) in [6.07, 6.45) is 0. The normalized spacial score (nSPS) is 10.9. The molecule has 2 aromatic rings. The Morgan fingerprint density at radius 3 is 2.62 bits per heavy atom. The molecule has 0 heterocycles. The van der Waals surface area contributed by atoms with E-state index in [2.05, 4.69) is 10.0 Å². The monoisotopic (exact) mass is 367 g/mol. The van der Waals surface area contributed by atoms with Gasteiger partial charge >= 0.3 is 0 Å². The standard InChI is InChI=1S/C15H11ClFN3O3S/c16-11-5-3-6-12(15(11)17)20-14(21)9-19-24(22,23)13-7-2-1-4-10(13)8-18/h1-7,19H,9H2,(H,20,21). The smallest absolute Gasteiger partial charge is 0.242 e. The van der Waals surface area contributed by atoms with Crippen LogP contribution in [0.4, 0.5) is 10.1 Å². The van der Waals surface area contributed by atoms with Crippen LogP contribution in [-0.2, 0) is 14.8 Å². The van der Waals surface area contributed by atoms with Gasteiger partial charge in [0, 0.05) is 0 Å². The summed E-state index contributed by atoms with van der Waals surface area (Å²) < 4.78 is 40.0. The molecule has 0 atom stereocenters.